The van der Waals surface area contributed by atoms with Crippen molar-refractivity contribution < 1.29 is 9.53 Å². The van der Waals surface area contributed by atoms with E-state index in [1.54, 1.807) is 12.0 Å². The summed E-state index contributed by atoms with van der Waals surface area (Å²) in [5.41, 5.74) is 7.08. The van der Waals surface area contributed by atoms with E-state index < -0.39 is 0 Å². The molecule has 1 rings (SSSR count). The Morgan fingerprint density at radius 1 is 1.47 bits per heavy atom. The van der Waals surface area contributed by atoms with Crippen molar-refractivity contribution in [2.75, 3.05) is 20.2 Å². The van der Waals surface area contributed by atoms with Crippen molar-refractivity contribution in [1.29, 1.82) is 0 Å². The third kappa shape index (κ3) is 4.21. The normalized spacial score (nSPS) is 10.1. The van der Waals surface area contributed by atoms with Gasteiger partial charge in [-0.1, -0.05) is 23.8 Å². The largest absolute Gasteiger partial charge is 0.496 e. The molecule has 0 aliphatic carbocycles. The van der Waals surface area contributed by atoms with Crippen LogP contribution < -0.4 is 10.5 Å². The Balaban J connectivity index is 2.96. The van der Waals surface area contributed by atoms with Gasteiger partial charge >= 0.3 is 0 Å². The van der Waals surface area contributed by atoms with E-state index in [2.05, 4.69) is 0 Å². The Kier molecular flexibility index (Phi) is 5.76. The SMILES string of the molecule is CCN(CCC(N)=S)C(=O)c1cc(C)ccc1OC. The van der Waals surface area contributed by atoms with Gasteiger partial charge in [-0.25, -0.2) is 0 Å². The van der Waals surface area contributed by atoms with Gasteiger partial charge in [-0.2, -0.15) is 0 Å². The van der Waals surface area contributed by atoms with Gasteiger partial charge in [0.25, 0.3) is 5.91 Å². The molecule has 0 aromatic heterocycles. The first kappa shape index (κ1) is 15.4. The molecule has 0 heterocycles. The highest BCUT2D eigenvalue weighted by Gasteiger charge is 2.18. The van der Waals surface area contributed by atoms with Crippen LogP contribution in [0.5, 0.6) is 5.75 Å². The van der Waals surface area contributed by atoms with Gasteiger partial charge in [0.2, 0.25) is 0 Å². The summed E-state index contributed by atoms with van der Waals surface area (Å²) in [6.07, 6.45) is 0.531. The second-order valence-electron chi connectivity index (χ2n) is 4.30. The number of ether oxygens (including phenoxy) is 1. The van der Waals surface area contributed by atoms with Crippen LogP contribution in [0.3, 0.4) is 0 Å². The number of nitrogens with zero attached hydrogens (tertiary/aromatic N) is 1. The van der Waals surface area contributed by atoms with E-state index in [1.165, 1.54) is 0 Å². The van der Waals surface area contributed by atoms with Crippen LogP contribution in [0.2, 0.25) is 0 Å². The third-order valence-electron chi connectivity index (χ3n) is 2.88. The van der Waals surface area contributed by atoms with Crippen LogP contribution in [0.4, 0.5) is 0 Å². The summed E-state index contributed by atoms with van der Waals surface area (Å²) >= 11 is 4.85. The molecule has 0 saturated carbocycles. The second kappa shape index (κ2) is 7.09. The molecule has 0 spiro atoms. The molecule has 0 fully saturated rings. The summed E-state index contributed by atoms with van der Waals surface area (Å²) in [5, 5.41) is 0. The van der Waals surface area contributed by atoms with Crippen LogP contribution in [0.25, 0.3) is 0 Å². The molecule has 1 aromatic carbocycles. The minimum atomic E-state index is -0.0562. The quantitative estimate of drug-likeness (QED) is 0.811. The van der Waals surface area contributed by atoms with Crippen LogP contribution in [0.15, 0.2) is 18.2 Å². The van der Waals surface area contributed by atoms with E-state index in [-0.39, 0.29) is 5.91 Å². The van der Waals surface area contributed by atoms with Gasteiger partial charge in [-0.05, 0) is 26.0 Å². The van der Waals surface area contributed by atoms with E-state index in [0.717, 1.165) is 5.56 Å². The molecule has 1 aromatic rings. The number of hydrogen-bond donors (Lipinski definition) is 1. The Morgan fingerprint density at radius 2 is 2.16 bits per heavy atom. The van der Waals surface area contributed by atoms with Crippen LogP contribution >= 0.6 is 12.2 Å². The maximum Gasteiger partial charge on any atom is 0.257 e. The molecule has 0 radical (unpaired) electrons. The summed E-state index contributed by atoms with van der Waals surface area (Å²) < 4.78 is 5.24. The third-order valence-corrected chi connectivity index (χ3v) is 3.09. The highest BCUT2D eigenvalue weighted by molar-refractivity contribution is 7.80. The summed E-state index contributed by atoms with van der Waals surface area (Å²) in [4.78, 5) is 14.6. The maximum atomic E-state index is 12.5. The van der Waals surface area contributed by atoms with Gasteiger partial charge in [-0.15, -0.1) is 0 Å². The standard InChI is InChI=1S/C14H20N2O2S/c1-4-16(8-7-13(15)19)14(17)11-9-10(2)5-6-12(11)18-3/h5-6,9H,4,7-8H2,1-3H3,(H2,15,19). The Morgan fingerprint density at radius 3 is 2.68 bits per heavy atom. The molecule has 5 heteroatoms. The van der Waals surface area contributed by atoms with E-state index in [1.807, 2.05) is 32.0 Å². The van der Waals surface area contributed by atoms with Crippen LogP contribution in [0.1, 0.15) is 29.3 Å². The predicted octanol–water partition coefficient (Wildman–Crippen LogP) is 2.14. The Hall–Kier alpha value is -1.62. The van der Waals surface area contributed by atoms with Crippen molar-refractivity contribution in [3.8, 4) is 5.75 Å². The van der Waals surface area contributed by atoms with E-state index >= 15 is 0 Å². The lowest BCUT2D eigenvalue weighted by atomic mass is 10.1. The average molecular weight is 280 g/mol. The summed E-state index contributed by atoms with van der Waals surface area (Å²) in [6.45, 7) is 5.02. The summed E-state index contributed by atoms with van der Waals surface area (Å²) in [5.74, 6) is 0.531. The van der Waals surface area contributed by atoms with Crippen molar-refractivity contribution in [2.45, 2.75) is 20.3 Å². The average Bonchev–Trinajstić information content (AvgIpc) is 2.38. The minimum Gasteiger partial charge on any atom is -0.496 e. The monoisotopic (exact) mass is 280 g/mol. The number of amides is 1. The molecular weight excluding hydrogens is 260 g/mol. The molecule has 19 heavy (non-hydrogen) atoms. The molecule has 0 saturated heterocycles. The van der Waals surface area contributed by atoms with Gasteiger partial charge in [-0.3, -0.25) is 4.79 Å². The van der Waals surface area contributed by atoms with E-state index in [4.69, 9.17) is 22.7 Å². The van der Waals surface area contributed by atoms with Crippen molar-refractivity contribution in [3.05, 3.63) is 29.3 Å². The number of rotatable bonds is 6. The van der Waals surface area contributed by atoms with Crippen molar-refractivity contribution in [3.63, 3.8) is 0 Å². The van der Waals surface area contributed by atoms with Crippen molar-refractivity contribution in [2.24, 2.45) is 5.73 Å². The van der Waals surface area contributed by atoms with Crippen molar-refractivity contribution >= 4 is 23.1 Å². The lowest BCUT2D eigenvalue weighted by Gasteiger charge is -2.22. The Labute approximate surface area is 119 Å². The van der Waals surface area contributed by atoms with Gasteiger partial charge in [0.15, 0.2) is 0 Å². The fourth-order valence-corrected chi connectivity index (χ4v) is 1.90. The van der Waals surface area contributed by atoms with E-state index in [9.17, 15) is 4.79 Å². The number of carbonyl (C=O) groups is 1. The number of aryl methyl sites for hydroxylation is 1. The minimum absolute atomic E-state index is 0.0562. The zero-order valence-corrected chi connectivity index (χ0v) is 12.4. The summed E-state index contributed by atoms with van der Waals surface area (Å²) in [6, 6.07) is 5.56. The van der Waals surface area contributed by atoms with Gasteiger partial charge < -0.3 is 15.4 Å². The zero-order chi connectivity index (χ0) is 14.4. The number of carbonyl (C=O) groups excluding carboxylic acids is 1. The molecule has 4 nitrogen and oxygen atoms in total. The second-order valence-corrected chi connectivity index (χ2v) is 4.83. The van der Waals surface area contributed by atoms with Gasteiger partial charge in [0.1, 0.15) is 5.75 Å². The first-order valence-electron chi connectivity index (χ1n) is 6.21. The Bertz CT molecular complexity index is 475. The number of hydrogen-bond acceptors (Lipinski definition) is 3. The highest BCUT2D eigenvalue weighted by Crippen LogP contribution is 2.21. The lowest BCUT2D eigenvalue weighted by molar-refractivity contribution is 0.0765. The van der Waals surface area contributed by atoms with E-state index in [0.29, 0.717) is 35.8 Å². The van der Waals surface area contributed by atoms with Crippen LogP contribution in [0, 0.1) is 6.92 Å². The molecular formula is C14H20N2O2S. The molecule has 0 atom stereocenters. The number of thiocarbonyl (C=S) groups is 1. The molecule has 0 aliphatic heterocycles. The number of nitrogens with two attached hydrogens (primary N) is 1. The zero-order valence-electron chi connectivity index (χ0n) is 11.6. The topological polar surface area (TPSA) is 55.6 Å². The molecule has 104 valence electrons. The first-order valence-corrected chi connectivity index (χ1v) is 6.62. The fourth-order valence-electron chi connectivity index (χ4n) is 1.81. The maximum absolute atomic E-state index is 12.5. The smallest absolute Gasteiger partial charge is 0.257 e. The highest BCUT2D eigenvalue weighted by atomic mass is 32.1. The number of benzene rings is 1. The molecule has 0 unspecified atom stereocenters. The molecule has 2 N–H and O–H groups in total. The molecule has 1 amide bonds. The lowest BCUT2D eigenvalue weighted by Crippen LogP contribution is -2.33. The predicted molar refractivity (Wildman–Crippen MR) is 80.7 cm³/mol. The van der Waals surface area contributed by atoms with Crippen LogP contribution in [-0.2, 0) is 0 Å². The number of methoxy groups -OCH3 is 1. The fraction of sp³-hybridized carbons (Fsp3) is 0.429. The van der Waals surface area contributed by atoms with Gasteiger partial charge in [0.05, 0.1) is 17.7 Å². The van der Waals surface area contributed by atoms with Crippen LogP contribution in [-0.4, -0.2) is 36.0 Å². The summed E-state index contributed by atoms with van der Waals surface area (Å²) in [7, 11) is 1.56. The molecule has 0 bridgehead atoms. The first-order chi connectivity index (χ1) is 8.99. The van der Waals surface area contributed by atoms with Gasteiger partial charge in [0, 0.05) is 19.5 Å². The molecule has 0 aliphatic rings. The van der Waals surface area contributed by atoms with Crippen molar-refractivity contribution in [1.82, 2.24) is 4.90 Å².